The van der Waals surface area contributed by atoms with E-state index in [1.165, 1.54) is 18.3 Å². The predicted molar refractivity (Wildman–Crippen MR) is 104 cm³/mol. The topological polar surface area (TPSA) is 104 Å². The van der Waals surface area contributed by atoms with Crippen LogP contribution in [0.5, 0.6) is 0 Å². The van der Waals surface area contributed by atoms with Crippen LogP contribution in [0.4, 0.5) is 18.9 Å². The van der Waals surface area contributed by atoms with Crippen LogP contribution in [0.2, 0.25) is 0 Å². The summed E-state index contributed by atoms with van der Waals surface area (Å²) in [7, 11) is -4.48. The van der Waals surface area contributed by atoms with Gasteiger partial charge in [0.2, 0.25) is 10.0 Å². The van der Waals surface area contributed by atoms with Gasteiger partial charge in [0.25, 0.3) is 11.8 Å². The Morgan fingerprint density at radius 2 is 1.57 bits per heavy atom. The van der Waals surface area contributed by atoms with E-state index >= 15 is 0 Å². The van der Waals surface area contributed by atoms with Crippen LogP contribution in [-0.4, -0.2) is 32.2 Å². The minimum atomic E-state index is -4.82. The highest BCUT2D eigenvalue weighted by Crippen LogP contribution is 2.24. The molecule has 0 aromatic heterocycles. The van der Waals surface area contributed by atoms with Gasteiger partial charge in [-0.3, -0.25) is 14.9 Å². The molecule has 0 unspecified atom stereocenters. The van der Waals surface area contributed by atoms with Crippen molar-refractivity contribution in [2.75, 3.05) is 11.1 Å². The number of halogens is 3. The van der Waals surface area contributed by atoms with E-state index in [-0.39, 0.29) is 12.1 Å². The summed E-state index contributed by atoms with van der Waals surface area (Å²) in [6.07, 6.45) is -3.39. The summed E-state index contributed by atoms with van der Waals surface area (Å²) in [6.45, 7) is -0.294. The van der Waals surface area contributed by atoms with Crippen molar-refractivity contribution in [2.24, 2.45) is 0 Å². The fraction of sp³-hybridized carbons (Fsp3) is 0.158. The van der Waals surface area contributed by atoms with Crippen molar-refractivity contribution in [2.45, 2.75) is 12.7 Å². The number of rotatable bonds is 6. The van der Waals surface area contributed by atoms with Crippen LogP contribution >= 0.6 is 0 Å². The Morgan fingerprint density at radius 1 is 0.933 bits per heavy atom. The van der Waals surface area contributed by atoms with E-state index in [0.717, 1.165) is 0 Å². The number of nitrogens with one attached hydrogen (secondary N) is 3. The zero-order chi connectivity index (χ0) is 21.9. The van der Waals surface area contributed by atoms with Gasteiger partial charge in [-0.25, -0.2) is 13.1 Å². The second-order valence-corrected chi connectivity index (χ2v) is 8.23. The van der Waals surface area contributed by atoms with Crippen molar-refractivity contribution < 1.29 is 31.2 Å². The van der Waals surface area contributed by atoms with E-state index in [9.17, 15) is 31.2 Å². The number of anilines is 1. The first kappa shape index (κ1) is 21.5. The standard InChI is InChI=1S/C19H16F3N3O4S/c20-19(21,22)11-30(28,29)24-9-12-5-7-13(8-6-12)23-10-16-14-3-1-2-4-15(14)17(26)25-18(16)27/h1-8,10,23-24H,9,11H2,(H,25,26,27). The molecule has 0 radical (unpaired) electrons. The molecule has 1 aliphatic heterocycles. The number of amides is 2. The first-order valence-electron chi connectivity index (χ1n) is 8.59. The lowest BCUT2D eigenvalue weighted by molar-refractivity contribution is -0.115. The van der Waals surface area contributed by atoms with Gasteiger partial charge in [-0.1, -0.05) is 30.3 Å². The molecule has 158 valence electrons. The Morgan fingerprint density at radius 3 is 2.20 bits per heavy atom. The monoisotopic (exact) mass is 439 g/mol. The molecule has 1 heterocycles. The lowest BCUT2D eigenvalue weighted by atomic mass is 9.96. The molecule has 0 saturated heterocycles. The zero-order valence-corrected chi connectivity index (χ0v) is 16.1. The lowest BCUT2D eigenvalue weighted by Gasteiger charge is -2.18. The van der Waals surface area contributed by atoms with Crippen LogP contribution in [0, 0.1) is 0 Å². The molecule has 7 nitrogen and oxygen atoms in total. The van der Waals surface area contributed by atoms with Gasteiger partial charge in [-0.05, 0) is 23.8 Å². The quantitative estimate of drug-likeness (QED) is 0.474. The molecule has 30 heavy (non-hydrogen) atoms. The van der Waals surface area contributed by atoms with Gasteiger partial charge in [-0.15, -0.1) is 0 Å². The van der Waals surface area contributed by atoms with E-state index in [1.807, 2.05) is 4.72 Å². The zero-order valence-electron chi connectivity index (χ0n) is 15.3. The second-order valence-electron chi connectivity index (χ2n) is 6.42. The first-order chi connectivity index (χ1) is 14.0. The molecule has 3 N–H and O–H groups in total. The molecule has 0 aliphatic carbocycles. The average Bonchev–Trinajstić information content (AvgIpc) is 2.65. The summed E-state index contributed by atoms with van der Waals surface area (Å²) in [5, 5.41) is 5.16. The number of benzene rings is 2. The molecule has 0 saturated carbocycles. The smallest absolute Gasteiger partial charge is 0.361 e. The number of alkyl halides is 3. The third-order valence-electron chi connectivity index (χ3n) is 4.12. The van der Waals surface area contributed by atoms with Crippen molar-refractivity contribution in [3.05, 3.63) is 71.4 Å². The average molecular weight is 439 g/mol. The number of sulfonamides is 1. The maximum Gasteiger partial charge on any atom is 0.404 e. The Labute approximate surface area is 170 Å². The number of fused-ring (bicyclic) bond motifs is 1. The van der Waals surface area contributed by atoms with E-state index in [4.69, 9.17) is 0 Å². The normalized spacial score (nSPS) is 15.6. The van der Waals surface area contributed by atoms with Gasteiger partial charge in [-0.2, -0.15) is 13.2 Å². The highest BCUT2D eigenvalue weighted by molar-refractivity contribution is 7.89. The number of carbonyl (C=O) groups excluding carboxylic acids is 2. The summed E-state index contributed by atoms with van der Waals surface area (Å²) in [5.41, 5.74) is 2.10. The Bertz CT molecular complexity index is 1110. The molecule has 2 aromatic carbocycles. The molecule has 0 spiro atoms. The highest BCUT2D eigenvalue weighted by atomic mass is 32.2. The third kappa shape index (κ3) is 5.45. The van der Waals surface area contributed by atoms with E-state index in [2.05, 4.69) is 10.6 Å². The Hall–Kier alpha value is -3.18. The number of hydrogen-bond donors (Lipinski definition) is 3. The Balaban J connectivity index is 1.67. The van der Waals surface area contributed by atoms with Crippen molar-refractivity contribution in [3.8, 4) is 0 Å². The van der Waals surface area contributed by atoms with Crippen LogP contribution in [0.3, 0.4) is 0 Å². The SMILES string of the molecule is O=C1NC(=O)c2ccccc2C1=CNc1ccc(CNS(=O)(=O)CC(F)(F)F)cc1. The summed E-state index contributed by atoms with van der Waals surface area (Å²) in [6, 6.07) is 12.8. The van der Waals surface area contributed by atoms with E-state index < -0.39 is 33.8 Å². The molecular formula is C19H16F3N3O4S. The van der Waals surface area contributed by atoms with Gasteiger partial charge in [0.15, 0.2) is 5.75 Å². The van der Waals surface area contributed by atoms with Gasteiger partial charge in [0.1, 0.15) is 0 Å². The van der Waals surface area contributed by atoms with Crippen LogP contribution in [0.15, 0.2) is 54.7 Å². The number of hydrogen-bond acceptors (Lipinski definition) is 5. The number of imide groups is 1. The van der Waals surface area contributed by atoms with Gasteiger partial charge in [0.05, 0.1) is 5.57 Å². The molecular weight excluding hydrogens is 423 g/mol. The third-order valence-corrected chi connectivity index (χ3v) is 5.41. The van der Waals surface area contributed by atoms with Gasteiger partial charge >= 0.3 is 6.18 Å². The van der Waals surface area contributed by atoms with Crippen LogP contribution in [-0.2, 0) is 21.4 Å². The Kier molecular flexibility index (Phi) is 5.94. The highest BCUT2D eigenvalue weighted by Gasteiger charge is 2.34. The molecule has 3 rings (SSSR count). The lowest BCUT2D eigenvalue weighted by Crippen LogP contribution is -2.36. The minimum Gasteiger partial charge on any atom is -0.361 e. The maximum absolute atomic E-state index is 12.2. The fourth-order valence-corrected chi connectivity index (χ4v) is 3.67. The van der Waals surface area contributed by atoms with Crippen LogP contribution < -0.4 is 15.4 Å². The van der Waals surface area contributed by atoms with E-state index in [1.54, 1.807) is 36.4 Å². The van der Waals surface area contributed by atoms with Gasteiger partial charge in [0, 0.05) is 29.6 Å². The minimum absolute atomic E-state index is 0.259. The summed E-state index contributed by atoms with van der Waals surface area (Å²) in [5.74, 6) is -2.98. The van der Waals surface area contributed by atoms with Crippen molar-refractivity contribution >= 4 is 33.1 Å². The number of carbonyl (C=O) groups is 2. The van der Waals surface area contributed by atoms with Crippen molar-refractivity contribution in [3.63, 3.8) is 0 Å². The largest absolute Gasteiger partial charge is 0.404 e. The van der Waals surface area contributed by atoms with Crippen LogP contribution in [0.25, 0.3) is 5.57 Å². The fourth-order valence-electron chi connectivity index (χ4n) is 2.75. The summed E-state index contributed by atoms with van der Waals surface area (Å²) < 4.78 is 61.4. The first-order valence-corrected chi connectivity index (χ1v) is 10.2. The van der Waals surface area contributed by atoms with Crippen molar-refractivity contribution in [1.82, 2.24) is 10.0 Å². The molecule has 0 bridgehead atoms. The van der Waals surface area contributed by atoms with Gasteiger partial charge < -0.3 is 5.32 Å². The molecule has 1 aliphatic rings. The molecule has 0 atom stereocenters. The summed E-state index contributed by atoms with van der Waals surface area (Å²) in [4.78, 5) is 24.0. The maximum atomic E-state index is 12.2. The molecule has 2 aromatic rings. The van der Waals surface area contributed by atoms with Crippen LogP contribution in [0.1, 0.15) is 21.5 Å². The molecule has 0 fully saturated rings. The molecule has 2 amide bonds. The van der Waals surface area contributed by atoms with Crippen molar-refractivity contribution in [1.29, 1.82) is 0 Å². The second kappa shape index (κ2) is 8.28. The molecule has 11 heteroatoms. The summed E-state index contributed by atoms with van der Waals surface area (Å²) >= 11 is 0. The van der Waals surface area contributed by atoms with E-state index in [0.29, 0.717) is 22.4 Å². The predicted octanol–water partition coefficient (Wildman–Crippen LogP) is 2.39.